The summed E-state index contributed by atoms with van der Waals surface area (Å²) < 4.78 is 16.7. The maximum absolute atomic E-state index is 12.7. The van der Waals surface area contributed by atoms with Gasteiger partial charge in [-0.05, 0) is 19.3 Å². The van der Waals surface area contributed by atoms with Crippen molar-refractivity contribution in [2.45, 2.75) is 303 Å². The Hall–Kier alpha value is -1.59. The van der Waals surface area contributed by atoms with Crippen LogP contribution in [0, 0.1) is 0 Å². The van der Waals surface area contributed by atoms with E-state index < -0.39 is 6.10 Å². The lowest BCUT2D eigenvalue weighted by Gasteiger charge is -2.18. The van der Waals surface area contributed by atoms with Crippen LogP contribution in [-0.2, 0) is 28.6 Å². The number of hydrogen-bond acceptors (Lipinski definition) is 6. The second-order valence-corrected chi connectivity index (χ2v) is 17.8. The molecule has 0 aliphatic rings. The van der Waals surface area contributed by atoms with Gasteiger partial charge in [-0.2, -0.15) is 0 Å². The van der Waals surface area contributed by atoms with E-state index in [0.29, 0.717) is 19.3 Å². The highest BCUT2D eigenvalue weighted by molar-refractivity contribution is 5.71. The van der Waals surface area contributed by atoms with E-state index in [9.17, 15) is 14.4 Å². The SMILES string of the molecule is CCCCCCCCCCCCCCCCCCCC(=O)OCC(COC(=O)CCCCCCCC)OC(=O)CCCCCCCCCCCCCCCCCCC. The van der Waals surface area contributed by atoms with Crippen molar-refractivity contribution in [2.75, 3.05) is 13.2 Å². The average molecular weight is 821 g/mol. The Kier molecular flexibility index (Phi) is 46.8. The van der Waals surface area contributed by atoms with Crippen LogP contribution >= 0.6 is 0 Å². The number of esters is 3. The topological polar surface area (TPSA) is 78.9 Å². The van der Waals surface area contributed by atoms with Gasteiger partial charge in [0, 0.05) is 19.3 Å². The Morgan fingerprint density at radius 3 is 0.690 bits per heavy atom. The second kappa shape index (κ2) is 48.1. The molecule has 0 bridgehead atoms. The molecule has 0 aromatic carbocycles. The third-order valence-corrected chi connectivity index (χ3v) is 11.9. The predicted octanol–water partition coefficient (Wildman–Crippen LogP) is 16.8. The van der Waals surface area contributed by atoms with Gasteiger partial charge >= 0.3 is 17.9 Å². The van der Waals surface area contributed by atoms with Crippen molar-refractivity contribution in [3.05, 3.63) is 0 Å². The van der Waals surface area contributed by atoms with Crippen molar-refractivity contribution >= 4 is 17.9 Å². The summed E-state index contributed by atoms with van der Waals surface area (Å²) in [5.74, 6) is -0.852. The zero-order valence-corrected chi connectivity index (χ0v) is 39.3. The lowest BCUT2D eigenvalue weighted by Crippen LogP contribution is -2.30. The monoisotopic (exact) mass is 821 g/mol. The van der Waals surface area contributed by atoms with Crippen LogP contribution in [0.2, 0.25) is 0 Å². The molecule has 0 radical (unpaired) electrons. The van der Waals surface area contributed by atoms with Crippen molar-refractivity contribution in [2.24, 2.45) is 0 Å². The fourth-order valence-corrected chi connectivity index (χ4v) is 7.92. The van der Waals surface area contributed by atoms with E-state index in [0.717, 1.165) is 57.8 Å². The van der Waals surface area contributed by atoms with Gasteiger partial charge in [0.05, 0.1) is 0 Å². The number of carbonyl (C=O) groups excluding carboxylic acids is 3. The summed E-state index contributed by atoms with van der Waals surface area (Å²) in [6.07, 6.45) is 51.1. The van der Waals surface area contributed by atoms with E-state index in [1.807, 2.05) is 0 Å². The molecule has 0 aromatic heterocycles. The molecule has 1 unspecified atom stereocenters. The Morgan fingerprint density at radius 1 is 0.276 bits per heavy atom. The molecule has 0 aliphatic heterocycles. The van der Waals surface area contributed by atoms with Crippen LogP contribution in [-0.4, -0.2) is 37.2 Å². The largest absolute Gasteiger partial charge is 0.462 e. The first kappa shape index (κ1) is 56.4. The number of rotatable bonds is 48. The molecular weight excluding hydrogens is 721 g/mol. The molecule has 0 saturated heterocycles. The standard InChI is InChI=1S/C52H100O6/c1-4-7-10-13-16-18-20-22-24-26-28-30-32-34-36-39-42-45-51(54)57-48-49(47-56-50(53)44-41-38-15-12-9-6-3)58-52(55)46-43-40-37-35-33-31-29-27-25-23-21-19-17-14-11-8-5-2/h49H,4-48H2,1-3H3. The van der Waals surface area contributed by atoms with Gasteiger partial charge in [0.1, 0.15) is 13.2 Å². The lowest BCUT2D eigenvalue weighted by atomic mass is 10.0. The first-order valence-electron chi connectivity index (χ1n) is 26.0. The minimum absolute atomic E-state index is 0.0626. The molecule has 0 aromatic rings. The van der Waals surface area contributed by atoms with Crippen LogP contribution < -0.4 is 0 Å². The molecule has 0 amide bonds. The summed E-state index contributed by atoms with van der Waals surface area (Å²) >= 11 is 0. The summed E-state index contributed by atoms with van der Waals surface area (Å²) in [5.41, 5.74) is 0. The van der Waals surface area contributed by atoms with E-state index in [-0.39, 0.29) is 31.1 Å². The third kappa shape index (κ3) is 45.5. The van der Waals surface area contributed by atoms with Gasteiger partial charge < -0.3 is 14.2 Å². The van der Waals surface area contributed by atoms with Gasteiger partial charge in [0.25, 0.3) is 0 Å². The quantitative estimate of drug-likeness (QED) is 0.0346. The van der Waals surface area contributed by atoms with Crippen LogP contribution in [0.4, 0.5) is 0 Å². The molecule has 0 aliphatic carbocycles. The van der Waals surface area contributed by atoms with E-state index in [2.05, 4.69) is 20.8 Å². The molecule has 344 valence electrons. The van der Waals surface area contributed by atoms with Crippen LogP contribution in [0.1, 0.15) is 297 Å². The van der Waals surface area contributed by atoms with E-state index in [1.54, 1.807) is 0 Å². The molecule has 0 spiro atoms. The van der Waals surface area contributed by atoms with Gasteiger partial charge in [-0.25, -0.2) is 0 Å². The first-order chi connectivity index (χ1) is 28.5. The zero-order chi connectivity index (χ0) is 42.3. The molecule has 0 N–H and O–H groups in total. The average Bonchev–Trinajstić information content (AvgIpc) is 3.22. The first-order valence-corrected chi connectivity index (χ1v) is 26.0. The summed E-state index contributed by atoms with van der Waals surface area (Å²) in [7, 11) is 0. The highest BCUT2D eigenvalue weighted by atomic mass is 16.6. The van der Waals surface area contributed by atoms with Crippen molar-refractivity contribution in [1.82, 2.24) is 0 Å². The summed E-state index contributed by atoms with van der Waals surface area (Å²) in [6, 6.07) is 0. The van der Waals surface area contributed by atoms with Gasteiger partial charge in [-0.15, -0.1) is 0 Å². The normalized spacial score (nSPS) is 11.8. The Bertz CT molecular complexity index is 859. The van der Waals surface area contributed by atoms with Gasteiger partial charge in [-0.3, -0.25) is 14.4 Å². The molecule has 0 heterocycles. The maximum Gasteiger partial charge on any atom is 0.306 e. The van der Waals surface area contributed by atoms with Crippen LogP contribution in [0.5, 0.6) is 0 Å². The van der Waals surface area contributed by atoms with Crippen molar-refractivity contribution in [3.8, 4) is 0 Å². The summed E-state index contributed by atoms with van der Waals surface area (Å²) in [4.78, 5) is 37.7. The highest BCUT2D eigenvalue weighted by Gasteiger charge is 2.19. The van der Waals surface area contributed by atoms with E-state index in [1.165, 1.54) is 199 Å². The van der Waals surface area contributed by atoms with Gasteiger partial charge in [0.15, 0.2) is 6.10 Å². The minimum atomic E-state index is -0.758. The number of unbranched alkanes of at least 4 members (excludes halogenated alkanes) is 37. The molecule has 0 fully saturated rings. The molecule has 58 heavy (non-hydrogen) atoms. The van der Waals surface area contributed by atoms with E-state index in [4.69, 9.17) is 14.2 Å². The smallest absolute Gasteiger partial charge is 0.306 e. The molecule has 0 rings (SSSR count). The number of hydrogen-bond donors (Lipinski definition) is 0. The van der Waals surface area contributed by atoms with Crippen molar-refractivity contribution in [1.29, 1.82) is 0 Å². The van der Waals surface area contributed by atoms with Crippen molar-refractivity contribution in [3.63, 3.8) is 0 Å². The Labute approximate surface area is 361 Å². The summed E-state index contributed by atoms with van der Waals surface area (Å²) in [5, 5.41) is 0. The van der Waals surface area contributed by atoms with Crippen molar-refractivity contribution < 1.29 is 28.6 Å². The van der Waals surface area contributed by atoms with E-state index >= 15 is 0 Å². The molecule has 6 nitrogen and oxygen atoms in total. The Balaban J connectivity index is 4.14. The maximum atomic E-state index is 12.7. The third-order valence-electron chi connectivity index (χ3n) is 11.9. The van der Waals surface area contributed by atoms with Crippen LogP contribution in [0.3, 0.4) is 0 Å². The fourth-order valence-electron chi connectivity index (χ4n) is 7.92. The number of carbonyl (C=O) groups is 3. The lowest BCUT2D eigenvalue weighted by molar-refractivity contribution is -0.167. The number of ether oxygens (including phenoxy) is 3. The molecule has 0 saturated carbocycles. The van der Waals surface area contributed by atoms with Crippen LogP contribution in [0.15, 0.2) is 0 Å². The summed E-state index contributed by atoms with van der Waals surface area (Å²) in [6.45, 7) is 6.63. The Morgan fingerprint density at radius 2 is 0.466 bits per heavy atom. The van der Waals surface area contributed by atoms with Crippen LogP contribution in [0.25, 0.3) is 0 Å². The van der Waals surface area contributed by atoms with Gasteiger partial charge in [0.2, 0.25) is 0 Å². The highest BCUT2D eigenvalue weighted by Crippen LogP contribution is 2.17. The molecule has 6 heteroatoms. The zero-order valence-electron chi connectivity index (χ0n) is 39.3. The minimum Gasteiger partial charge on any atom is -0.462 e. The fraction of sp³-hybridized carbons (Fsp3) is 0.942. The second-order valence-electron chi connectivity index (χ2n) is 17.8. The van der Waals surface area contributed by atoms with Gasteiger partial charge in [-0.1, -0.05) is 258 Å². The molecular formula is C52H100O6. The predicted molar refractivity (Wildman–Crippen MR) is 247 cm³/mol. The molecule has 1 atom stereocenters.